The van der Waals surface area contributed by atoms with Gasteiger partial charge in [-0.15, -0.1) is 0 Å². The maximum atomic E-state index is 13.2. The molecule has 0 bridgehead atoms. The fourth-order valence-corrected chi connectivity index (χ4v) is 3.05. The summed E-state index contributed by atoms with van der Waals surface area (Å²) in [5.41, 5.74) is 11.1. The minimum Gasteiger partial charge on any atom is -0.394 e. The summed E-state index contributed by atoms with van der Waals surface area (Å²) in [6.07, 6.45) is 0. The summed E-state index contributed by atoms with van der Waals surface area (Å²) in [4.78, 5) is 50.6. The van der Waals surface area contributed by atoms with E-state index in [-0.39, 0.29) is 33.6 Å². The first kappa shape index (κ1) is 21.3. The average molecular weight is 412 g/mol. The van der Waals surface area contributed by atoms with Crippen LogP contribution in [0, 0.1) is 0 Å². The third-order valence-corrected chi connectivity index (χ3v) is 4.66. The Morgan fingerprint density at radius 3 is 1.47 bits per heavy atom. The van der Waals surface area contributed by atoms with Gasteiger partial charge in [0.1, 0.15) is 12.1 Å². The maximum Gasteiger partial charge on any atom is 0.243 e. The van der Waals surface area contributed by atoms with Gasteiger partial charge in [-0.1, -0.05) is 24.3 Å². The van der Waals surface area contributed by atoms with Crippen molar-refractivity contribution < 1.29 is 29.4 Å². The predicted molar refractivity (Wildman–Crippen MR) is 107 cm³/mol. The molecule has 0 heterocycles. The Hall–Kier alpha value is -3.44. The summed E-state index contributed by atoms with van der Waals surface area (Å²) in [6, 6.07) is 6.36. The van der Waals surface area contributed by atoms with Crippen LogP contribution in [0.1, 0.15) is 31.8 Å². The molecule has 1 aliphatic carbocycles. The van der Waals surface area contributed by atoms with Crippen molar-refractivity contribution in [3.63, 3.8) is 0 Å². The van der Waals surface area contributed by atoms with Crippen LogP contribution in [0.2, 0.25) is 0 Å². The SMILES string of the molecule is NC(CO)C(=O)Nc1ccc(NC(=O)C(N)CO)c2c1C(=O)c1ccccc1C2=O. The van der Waals surface area contributed by atoms with Gasteiger partial charge in [-0.05, 0) is 12.1 Å². The standard InChI is InChI=1S/C20H20N4O6/c21-11(7-25)19(29)23-13-5-6-14(24-20(30)12(22)8-26)16-15(13)17(27)9-3-1-2-4-10(9)18(16)28/h1-6,11-12,25-26H,7-8,21-22H2,(H,23,29)(H,24,30). The minimum absolute atomic E-state index is 0.0104. The molecule has 2 amide bonds. The largest absolute Gasteiger partial charge is 0.394 e. The molecule has 2 aromatic carbocycles. The second kappa shape index (κ2) is 8.51. The van der Waals surface area contributed by atoms with Crippen molar-refractivity contribution in [3.8, 4) is 0 Å². The molecule has 10 nitrogen and oxygen atoms in total. The number of nitrogens with one attached hydrogen (secondary N) is 2. The van der Waals surface area contributed by atoms with E-state index in [0.717, 1.165) is 0 Å². The van der Waals surface area contributed by atoms with Crippen LogP contribution in [-0.2, 0) is 9.59 Å². The van der Waals surface area contributed by atoms with Crippen molar-refractivity contribution in [1.29, 1.82) is 0 Å². The molecule has 2 atom stereocenters. The number of carbonyl (C=O) groups is 4. The Bertz CT molecular complexity index is 970. The van der Waals surface area contributed by atoms with Crippen LogP contribution in [0.15, 0.2) is 36.4 Å². The number of benzene rings is 2. The summed E-state index contributed by atoms with van der Waals surface area (Å²) in [7, 11) is 0. The molecular weight excluding hydrogens is 392 g/mol. The lowest BCUT2D eigenvalue weighted by Crippen LogP contribution is -2.40. The number of hydrogen-bond donors (Lipinski definition) is 6. The summed E-state index contributed by atoms with van der Waals surface area (Å²) < 4.78 is 0. The number of fused-ring (bicyclic) bond motifs is 2. The molecule has 0 aromatic heterocycles. The van der Waals surface area contributed by atoms with E-state index in [0.29, 0.717) is 0 Å². The van der Waals surface area contributed by atoms with E-state index in [1.54, 1.807) is 12.1 Å². The van der Waals surface area contributed by atoms with Crippen molar-refractivity contribution in [3.05, 3.63) is 58.7 Å². The zero-order valence-corrected chi connectivity index (χ0v) is 15.7. The predicted octanol–water partition coefficient (Wildman–Crippen LogP) is -1.02. The molecule has 0 spiro atoms. The van der Waals surface area contributed by atoms with Gasteiger partial charge in [0.2, 0.25) is 11.8 Å². The Kier molecular flexibility index (Phi) is 6.04. The summed E-state index contributed by atoms with van der Waals surface area (Å²) in [6.45, 7) is -1.23. The van der Waals surface area contributed by atoms with Gasteiger partial charge in [0.25, 0.3) is 0 Å². The first-order valence-electron chi connectivity index (χ1n) is 9.00. The molecule has 0 aliphatic heterocycles. The molecule has 1 aliphatic rings. The molecular formula is C20H20N4O6. The van der Waals surface area contributed by atoms with E-state index in [2.05, 4.69) is 10.6 Å². The molecule has 8 N–H and O–H groups in total. The normalized spacial score (nSPS) is 14.4. The van der Waals surface area contributed by atoms with Gasteiger partial charge in [0.15, 0.2) is 11.6 Å². The van der Waals surface area contributed by atoms with Crippen molar-refractivity contribution in [2.75, 3.05) is 23.8 Å². The van der Waals surface area contributed by atoms with Gasteiger partial charge in [-0.2, -0.15) is 0 Å². The fraction of sp³-hybridized carbons (Fsp3) is 0.200. The van der Waals surface area contributed by atoms with Crippen LogP contribution in [-0.4, -0.2) is 58.9 Å². The van der Waals surface area contributed by atoms with Crippen molar-refractivity contribution in [1.82, 2.24) is 0 Å². The molecule has 0 saturated carbocycles. The monoisotopic (exact) mass is 412 g/mol. The molecule has 10 heteroatoms. The molecule has 0 fully saturated rings. The van der Waals surface area contributed by atoms with Gasteiger partial charge >= 0.3 is 0 Å². The number of aliphatic hydroxyl groups is 2. The van der Waals surface area contributed by atoms with Crippen LogP contribution in [0.4, 0.5) is 11.4 Å². The van der Waals surface area contributed by atoms with Crippen molar-refractivity contribution >= 4 is 34.8 Å². The van der Waals surface area contributed by atoms with E-state index in [9.17, 15) is 19.2 Å². The van der Waals surface area contributed by atoms with Gasteiger partial charge in [-0.3, -0.25) is 19.2 Å². The molecule has 30 heavy (non-hydrogen) atoms. The lowest BCUT2D eigenvalue weighted by molar-refractivity contribution is -0.119. The van der Waals surface area contributed by atoms with Gasteiger partial charge in [-0.25, -0.2) is 0 Å². The maximum absolute atomic E-state index is 13.2. The molecule has 3 rings (SSSR count). The highest BCUT2D eigenvalue weighted by molar-refractivity contribution is 6.32. The highest BCUT2D eigenvalue weighted by Crippen LogP contribution is 2.36. The Morgan fingerprint density at radius 2 is 1.13 bits per heavy atom. The highest BCUT2D eigenvalue weighted by atomic mass is 16.3. The average Bonchev–Trinajstić information content (AvgIpc) is 2.76. The van der Waals surface area contributed by atoms with E-state index in [4.69, 9.17) is 21.7 Å². The second-order valence-corrected chi connectivity index (χ2v) is 6.67. The zero-order chi connectivity index (χ0) is 22.0. The molecule has 2 aromatic rings. The Labute approximate surface area is 170 Å². The molecule has 156 valence electrons. The van der Waals surface area contributed by atoms with Gasteiger partial charge in [0.05, 0.1) is 35.7 Å². The smallest absolute Gasteiger partial charge is 0.243 e. The third-order valence-electron chi connectivity index (χ3n) is 4.66. The van der Waals surface area contributed by atoms with Gasteiger partial charge < -0.3 is 32.3 Å². The van der Waals surface area contributed by atoms with Crippen LogP contribution >= 0.6 is 0 Å². The van der Waals surface area contributed by atoms with Crippen molar-refractivity contribution in [2.45, 2.75) is 12.1 Å². The third kappa shape index (κ3) is 3.72. The number of anilines is 2. The summed E-state index contributed by atoms with van der Waals surface area (Å²) in [5, 5.41) is 23.0. The van der Waals surface area contributed by atoms with Crippen molar-refractivity contribution in [2.24, 2.45) is 11.5 Å². The van der Waals surface area contributed by atoms with Crippen LogP contribution < -0.4 is 22.1 Å². The number of ketones is 2. The second-order valence-electron chi connectivity index (χ2n) is 6.67. The number of carbonyl (C=O) groups excluding carboxylic acids is 4. The lowest BCUT2D eigenvalue weighted by Gasteiger charge is -2.24. The summed E-state index contributed by atoms with van der Waals surface area (Å²) in [5.74, 6) is -2.57. The van der Waals surface area contributed by atoms with E-state index < -0.39 is 48.7 Å². The van der Waals surface area contributed by atoms with Crippen LogP contribution in [0.25, 0.3) is 0 Å². The van der Waals surface area contributed by atoms with Gasteiger partial charge in [0, 0.05) is 11.1 Å². The number of hydrogen-bond acceptors (Lipinski definition) is 8. The first-order chi connectivity index (χ1) is 14.3. The highest BCUT2D eigenvalue weighted by Gasteiger charge is 2.35. The topological polar surface area (TPSA) is 185 Å². The Morgan fingerprint density at radius 1 is 0.767 bits per heavy atom. The summed E-state index contributed by atoms with van der Waals surface area (Å²) >= 11 is 0. The van der Waals surface area contributed by atoms with E-state index >= 15 is 0 Å². The molecule has 0 saturated heterocycles. The Balaban J connectivity index is 2.15. The number of rotatable bonds is 6. The quantitative estimate of drug-likeness (QED) is 0.297. The zero-order valence-electron chi connectivity index (χ0n) is 15.7. The number of aliphatic hydroxyl groups excluding tert-OH is 2. The first-order valence-corrected chi connectivity index (χ1v) is 9.00. The fourth-order valence-electron chi connectivity index (χ4n) is 3.05. The van der Waals surface area contributed by atoms with Crippen LogP contribution in [0.3, 0.4) is 0 Å². The molecule has 2 unspecified atom stereocenters. The minimum atomic E-state index is -1.23. The molecule has 0 radical (unpaired) electrons. The number of amides is 2. The van der Waals surface area contributed by atoms with E-state index in [1.807, 2.05) is 0 Å². The lowest BCUT2D eigenvalue weighted by atomic mass is 9.82. The number of nitrogens with two attached hydrogens (primary N) is 2. The van der Waals surface area contributed by atoms with E-state index in [1.165, 1.54) is 24.3 Å². The van der Waals surface area contributed by atoms with Crippen LogP contribution in [0.5, 0.6) is 0 Å².